The van der Waals surface area contributed by atoms with Gasteiger partial charge in [-0.1, -0.05) is 31.5 Å². The number of hydrogen-bond acceptors (Lipinski definition) is 3. The van der Waals surface area contributed by atoms with Gasteiger partial charge in [0, 0.05) is 39.0 Å². The lowest BCUT2D eigenvalue weighted by atomic mass is 9.94. The summed E-state index contributed by atoms with van der Waals surface area (Å²) < 4.78 is 5.08. The van der Waals surface area contributed by atoms with E-state index in [2.05, 4.69) is 41.4 Å². The molecule has 1 aliphatic rings. The van der Waals surface area contributed by atoms with Gasteiger partial charge in [-0.05, 0) is 30.4 Å². The van der Waals surface area contributed by atoms with Crippen molar-refractivity contribution in [3.8, 4) is 0 Å². The van der Waals surface area contributed by atoms with E-state index in [4.69, 9.17) is 4.74 Å². The van der Waals surface area contributed by atoms with Gasteiger partial charge in [-0.3, -0.25) is 0 Å². The number of nitrogens with one attached hydrogen (secondary N) is 1. The van der Waals surface area contributed by atoms with Gasteiger partial charge in [0.2, 0.25) is 0 Å². The summed E-state index contributed by atoms with van der Waals surface area (Å²) in [5.41, 5.74) is 2.82. The van der Waals surface area contributed by atoms with E-state index in [9.17, 15) is 0 Å². The molecule has 0 amide bonds. The summed E-state index contributed by atoms with van der Waals surface area (Å²) in [6.07, 6.45) is 4.01. The molecule has 1 unspecified atom stereocenters. The first-order valence-corrected chi connectivity index (χ1v) is 7.87. The second kappa shape index (κ2) is 8.28. The maximum atomic E-state index is 5.08. The molecule has 1 aromatic rings. The lowest BCUT2D eigenvalue weighted by Gasteiger charge is -2.35. The number of benzene rings is 1. The summed E-state index contributed by atoms with van der Waals surface area (Å²) in [6, 6.07) is 8.80. The summed E-state index contributed by atoms with van der Waals surface area (Å²) in [7, 11) is 1.74. The first-order valence-electron chi connectivity index (χ1n) is 7.87. The standard InChI is InChI=1S/C17H28N2O/c1-3-15-7-6-11-19(14-15)17-9-5-4-8-16(17)13-18-10-12-20-2/h4-5,8-9,15,18H,3,6-7,10-14H2,1-2H3. The minimum Gasteiger partial charge on any atom is -0.383 e. The first-order chi connectivity index (χ1) is 9.85. The molecule has 20 heavy (non-hydrogen) atoms. The zero-order chi connectivity index (χ0) is 14.2. The highest BCUT2D eigenvalue weighted by Crippen LogP contribution is 2.27. The van der Waals surface area contributed by atoms with Crippen molar-refractivity contribution in [3.05, 3.63) is 29.8 Å². The number of rotatable bonds is 7. The normalized spacial score (nSPS) is 19.3. The quantitative estimate of drug-likeness (QED) is 0.775. The second-order valence-electron chi connectivity index (χ2n) is 5.66. The minimum atomic E-state index is 0.768. The molecule has 0 aromatic heterocycles. The minimum absolute atomic E-state index is 0.768. The van der Waals surface area contributed by atoms with E-state index in [0.717, 1.165) is 25.6 Å². The third kappa shape index (κ3) is 4.22. The molecule has 3 nitrogen and oxygen atoms in total. The van der Waals surface area contributed by atoms with Crippen molar-refractivity contribution < 1.29 is 4.74 Å². The Bertz CT molecular complexity index is 394. The van der Waals surface area contributed by atoms with Crippen molar-refractivity contribution in [1.29, 1.82) is 0 Å². The molecule has 0 radical (unpaired) electrons. The predicted molar refractivity (Wildman–Crippen MR) is 85.3 cm³/mol. The van der Waals surface area contributed by atoms with E-state index in [1.165, 1.54) is 43.6 Å². The largest absolute Gasteiger partial charge is 0.383 e. The van der Waals surface area contributed by atoms with Gasteiger partial charge in [-0.15, -0.1) is 0 Å². The van der Waals surface area contributed by atoms with Crippen LogP contribution in [0.2, 0.25) is 0 Å². The highest BCUT2D eigenvalue weighted by atomic mass is 16.5. The Hall–Kier alpha value is -1.06. The third-order valence-electron chi connectivity index (χ3n) is 4.23. The summed E-state index contributed by atoms with van der Waals surface area (Å²) in [5.74, 6) is 0.859. The van der Waals surface area contributed by atoms with Crippen LogP contribution in [0.5, 0.6) is 0 Å². The maximum absolute atomic E-state index is 5.08. The van der Waals surface area contributed by atoms with Gasteiger partial charge in [-0.25, -0.2) is 0 Å². The SMILES string of the molecule is CCC1CCCN(c2ccccc2CNCCOC)C1. The van der Waals surface area contributed by atoms with E-state index in [0.29, 0.717) is 0 Å². The molecule has 2 rings (SSSR count). The predicted octanol–water partition coefficient (Wildman–Crippen LogP) is 3.05. The Balaban J connectivity index is 1.99. The van der Waals surface area contributed by atoms with E-state index in [1.54, 1.807) is 7.11 Å². The molecule has 0 bridgehead atoms. The van der Waals surface area contributed by atoms with Gasteiger partial charge < -0.3 is 15.0 Å². The van der Waals surface area contributed by atoms with E-state index in [-0.39, 0.29) is 0 Å². The lowest BCUT2D eigenvalue weighted by molar-refractivity contribution is 0.199. The van der Waals surface area contributed by atoms with Crippen LogP contribution in [-0.2, 0) is 11.3 Å². The van der Waals surface area contributed by atoms with Crippen molar-refractivity contribution in [1.82, 2.24) is 5.32 Å². The summed E-state index contributed by atoms with van der Waals surface area (Å²) in [5, 5.41) is 3.46. The molecule has 1 fully saturated rings. The average Bonchev–Trinajstić information content (AvgIpc) is 2.52. The molecule has 112 valence electrons. The topological polar surface area (TPSA) is 24.5 Å². The first kappa shape index (κ1) is 15.3. The smallest absolute Gasteiger partial charge is 0.0587 e. The molecule has 0 aliphatic carbocycles. The van der Waals surface area contributed by atoms with Crippen LogP contribution in [0, 0.1) is 5.92 Å². The maximum Gasteiger partial charge on any atom is 0.0587 e. The van der Waals surface area contributed by atoms with E-state index < -0.39 is 0 Å². The molecule has 1 aromatic carbocycles. The van der Waals surface area contributed by atoms with Gasteiger partial charge in [0.05, 0.1) is 6.61 Å². The van der Waals surface area contributed by atoms with Crippen molar-refractivity contribution >= 4 is 5.69 Å². The molecular weight excluding hydrogens is 248 g/mol. The number of anilines is 1. The van der Waals surface area contributed by atoms with Crippen LogP contribution >= 0.6 is 0 Å². The zero-order valence-corrected chi connectivity index (χ0v) is 12.9. The Labute approximate surface area is 123 Å². The fourth-order valence-corrected chi connectivity index (χ4v) is 2.98. The number of para-hydroxylation sites is 1. The fraction of sp³-hybridized carbons (Fsp3) is 0.647. The summed E-state index contributed by atoms with van der Waals surface area (Å²) >= 11 is 0. The summed E-state index contributed by atoms with van der Waals surface area (Å²) in [6.45, 7) is 7.32. The molecule has 1 heterocycles. The number of nitrogens with zero attached hydrogens (tertiary/aromatic N) is 1. The van der Waals surface area contributed by atoms with Crippen molar-refractivity contribution in [2.45, 2.75) is 32.7 Å². The van der Waals surface area contributed by atoms with Gasteiger partial charge in [0.1, 0.15) is 0 Å². The van der Waals surface area contributed by atoms with Crippen LogP contribution < -0.4 is 10.2 Å². The molecule has 0 spiro atoms. The van der Waals surface area contributed by atoms with Crippen molar-refractivity contribution in [2.75, 3.05) is 38.3 Å². The summed E-state index contributed by atoms with van der Waals surface area (Å²) in [4.78, 5) is 2.57. The van der Waals surface area contributed by atoms with Gasteiger partial charge in [-0.2, -0.15) is 0 Å². The fourth-order valence-electron chi connectivity index (χ4n) is 2.98. The van der Waals surface area contributed by atoms with Crippen molar-refractivity contribution in [2.24, 2.45) is 5.92 Å². The van der Waals surface area contributed by atoms with Gasteiger partial charge in [0.25, 0.3) is 0 Å². The highest BCUT2D eigenvalue weighted by Gasteiger charge is 2.20. The van der Waals surface area contributed by atoms with Gasteiger partial charge >= 0.3 is 0 Å². The molecule has 1 aliphatic heterocycles. The van der Waals surface area contributed by atoms with Crippen LogP contribution in [0.4, 0.5) is 5.69 Å². The third-order valence-corrected chi connectivity index (χ3v) is 4.23. The number of methoxy groups -OCH3 is 1. The van der Waals surface area contributed by atoms with Gasteiger partial charge in [0.15, 0.2) is 0 Å². The Morgan fingerprint density at radius 3 is 3.00 bits per heavy atom. The lowest BCUT2D eigenvalue weighted by Crippen LogP contribution is -2.36. The molecule has 1 saturated heterocycles. The molecular formula is C17H28N2O. The molecule has 3 heteroatoms. The van der Waals surface area contributed by atoms with Crippen LogP contribution in [0.15, 0.2) is 24.3 Å². The molecule has 1 atom stereocenters. The monoisotopic (exact) mass is 276 g/mol. The average molecular weight is 276 g/mol. The van der Waals surface area contributed by atoms with E-state index in [1.807, 2.05) is 0 Å². The van der Waals surface area contributed by atoms with Crippen LogP contribution in [0.25, 0.3) is 0 Å². The number of piperidine rings is 1. The van der Waals surface area contributed by atoms with Crippen LogP contribution in [-0.4, -0.2) is 33.4 Å². The Morgan fingerprint density at radius 2 is 2.20 bits per heavy atom. The van der Waals surface area contributed by atoms with Crippen LogP contribution in [0.1, 0.15) is 31.7 Å². The molecule has 0 saturated carbocycles. The zero-order valence-electron chi connectivity index (χ0n) is 12.9. The number of ether oxygens (including phenoxy) is 1. The second-order valence-corrected chi connectivity index (χ2v) is 5.66. The number of hydrogen-bond donors (Lipinski definition) is 1. The molecule has 1 N–H and O–H groups in total. The highest BCUT2D eigenvalue weighted by molar-refractivity contribution is 5.54. The van der Waals surface area contributed by atoms with Crippen molar-refractivity contribution in [3.63, 3.8) is 0 Å². The van der Waals surface area contributed by atoms with Crippen LogP contribution in [0.3, 0.4) is 0 Å². The van der Waals surface area contributed by atoms with E-state index >= 15 is 0 Å². The Morgan fingerprint density at radius 1 is 1.35 bits per heavy atom. The Kier molecular flexibility index (Phi) is 6.34.